The van der Waals surface area contributed by atoms with E-state index in [2.05, 4.69) is 17.1 Å². The first-order chi connectivity index (χ1) is 16.4. The van der Waals surface area contributed by atoms with Crippen molar-refractivity contribution in [3.63, 3.8) is 0 Å². The normalized spacial score (nSPS) is 17.4. The Morgan fingerprint density at radius 3 is 2.35 bits per heavy atom. The molecule has 0 atom stereocenters. The largest absolute Gasteiger partial charge is 0.342 e. The molecule has 34 heavy (non-hydrogen) atoms. The number of benzene rings is 2. The Hall–Kier alpha value is -3.42. The van der Waals surface area contributed by atoms with Gasteiger partial charge in [0.25, 0.3) is 5.91 Å². The van der Waals surface area contributed by atoms with Gasteiger partial charge in [0.05, 0.1) is 6.67 Å². The number of hydrogen-bond donors (Lipinski definition) is 1. The van der Waals surface area contributed by atoms with E-state index in [1.165, 1.54) is 24.3 Å². The molecule has 4 rings (SSSR count). The second-order valence-electron chi connectivity index (χ2n) is 8.98. The zero-order chi connectivity index (χ0) is 24.1. The SMILES string of the molecule is CCCCC(=O)N1CCC2(CC1)C(=O)N(CC(=O)Nc1ccc(F)cc1)CN2c1ccccc1. The first-order valence-corrected chi connectivity index (χ1v) is 11.9. The lowest BCUT2D eigenvalue weighted by atomic mass is 9.85. The molecule has 1 spiro atoms. The number of para-hydroxylation sites is 1. The monoisotopic (exact) mass is 466 g/mol. The summed E-state index contributed by atoms with van der Waals surface area (Å²) in [4.78, 5) is 44.4. The maximum absolute atomic E-state index is 13.7. The predicted molar refractivity (Wildman–Crippen MR) is 129 cm³/mol. The van der Waals surface area contributed by atoms with E-state index < -0.39 is 5.54 Å². The second kappa shape index (κ2) is 10.2. The summed E-state index contributed by atoms with van der Waals surface area (Å²) in [5.41, 5.74) is 0.619. The first-order valence-electron chi connectivity index (χ1n) is 11.9. The van der Waals surface area contributed by atoms with Crippen LogP contribution in [0.15, 0.2) is 54.6 Å². The Labute approximate surface area is 199 Å². The van der Waals surface area contributed by atoms with Gasteiger partial charge in [-0.15, -0.1) is 0 Å². The van der Waals surface area contributed by atoms with Gasteiger partial charge in [-0.1, -0.05) is 31.5 Å². The molecule has 2 aliphatic rings. The number of unbranched alkanes of at least 4 members (excludes halogenated alkanes) is 1. The minimum atomic E-state index is -0.779. The third-order valence-electron chi connectivity index (χ3n) is 6.73. The fourth-order valence-corrected chi connectivity index (χ4v) is 4.84. The average molecular weight is 467 g/mol. The lowest BCUT2D eigenvalue weighted by Gasteiger charge is -2.43. The Balaban J connectivity index is 1.49. The minimum Gasteiger partial charge on any atom is -0.342 e. The third kappa shape index (κ3) is 4.90. The van der Waals surface area contributed by atoms with Crippen LogP contribution in [0.2, 0.25) is 0 Å². The van der Waals surface area contributed by atoms with Gasteiger partial charge in [0, 0.05) is 30.9 Å². The van der Waals surface area contributed by atoms with Crippen molar-refractivity contribution < 1.29 is 18.8 Å². The molecule has 2 heterocycles. The number of hydrogen-bond acceptors (Lipinski definition) is 4. The fraction of sp³-hybridized carbons (Fsp3) is 0.423. The fourth-order valence-electron chi connectivity index (χ4n) is 4.84. The molecule has 2 fully saturated rings. The van der Waals surface area contributed by atoms with E-state index in [4.69, 9.17) is 0 Å². The number of piperidine rings is 1. The van der Waals surface area contributed by atoms with Crippen LogP contribution in [0.5, 0.6) is 0 Å². The van der Waals surface area contributed by atoms with Crippen LogP contribution >= 0.6 is 0 Å². The average Bonchev–Trinajstić information content (AvgIpc) is 3.11. The Morgan fingerprint density at radius 1 is 1.03 bits per heavy atom. The summed E-state index contributed by atoms with van der Waals surface area (Å²) < 4.78 is 13.2. The first kappa shape index (κ1) is 23.7. The van der Waals surface area contributed by atoms with Crippen LogP contribution in [0.1, 0.15) is 39.0 Å². The highest BCUT2D eigenvalue weighted by molar-refractivity contribution is 5.99. The van der Waals surface area contributed by atoms with Gasteiger partial charge in [0.15, 0.2) is 0 Å². The van der Waals surface area contributed by atoms with E-state index in [0.29, 0.717) is 44.7 Å². The number of amides is 3. The van der Waals surface area contributed by atoms with Crippen LogP contribution in [0.25, 0.3) is 0 Å². The predicted octanol–water partition coefficient (Wildman–Crippen LogP) is 3.62. The zero-order valence-electron chi connectivity index (χ0n) is 19.5. The molecule has 3 amide bonds. The zero-order valence-corrected chi connectivity index (χ0v) is 19.5. The summed E-state index contributed by atoms with van der Waals surface area (Å²) in [5, 5.41) is 2.73. The molecule has 2 aromatic carbocycles. The van der Waals surface area contributed by atoms with Crippen LogP contribution in [-0.2, 0) is 14.4 Å². The van der Waals surface area contributed by atoms with E-state index in [1.54, 1.807) is 4.90 Å². The molecule has 2 aliphatic heterocycles. The summed E-state index contributed by atoms with van der Waals surface area (Å²) in [6.07, 6.45) is 3.42. The van der Waals surface area contributed by atoms with Gasteiger partial charge >= 0.3 is 0 Å². The Kier molecular flexibility index (Phi) is 7.14. The van der Waals surface area contributed by atoms with Crippen molar-refractivity contribution in [3.05, 3.63) is 60.4 Å². The number of rotatable bonds is 7. The Morgan fingerprint density at radius 2 is 1.71 bits per heavy atom. The molecule has 180 valence electrons. The maximum Gasteiger partial charge on any atom is 0.250 e. The summed E-state index contributed by atoms with van der Waals surface area (Å²) in [5.74, 6) is -0.667. The molecule has 8 heteroatoms. The van der Waals surface area contributed by atoms with Crippen molar-refractivity contribution >= 4 is 29.1 Å². The number of nitrogens with zero attached hydrogens (tertiary/aromatic N) is 3. The lowest BCUT2D eigenvalue weighted by molar-refractivity contribution is -0.139. The Bertz CT molecular complexity index is 1020. The highest BCUT2D eigenvalue weighted by atomic mass is 19.1. The summed E-state index contributed by atoms with van der Waals surface area (Å²) >= 11 is 0. The van der Waals surface area contributed by atoms with Gasteiger partial charge in [-0.2, -0.15) is 0 Å². The van der Waals surface area contributed by atoms with E-state index in [-0.39, 0.29) is 30.1 Å². The molecule has 0 radical (unpaired) electrons. The van der Waals surface area contributed by atoms with E-state index in [0.717, 1.165) is 18.5 Å². The van der Waals surface area contributed by atoms with Crippen molar-refractivity contribution in [3.8, 4) is 0 Å². The van der Waals surface area contributed by atoms with Gasteiger partial charge < -0.3 is 20.0 Å². The molecule has 0 saturated carbocycles. The van der Waals surface area contributed by atoms with Crippen molar-refractivity contribution in [2.24, 2.45) is 0 Å². The molecule has 2 aromatic rings. The van der Waals surface area contributed by atoms with Crippen LogP contribution in [0, 0.1) is 5.82 Å². The van der Waals surface area contributed by atoms with E-state index in [9.17, 15) is 18.8 Å². The van der Waals surface area contributed by atoms with E-state index >= 15 is 0 Å². The van der Waals surface area contributed by atoms with Gasteiger partial charge in [0.2, 0.25) is 11.8 Å². The van der Waals surface area contributed by atoms with Gasteiger partial charge in [-0.3, -0.25) is 14.4 Å². The third-order valence-corrected chi connectivity index (χ3v) is 6.73. The maximum atomic E-state index is 13.7. The highest BCUT2D eigenvalue weighted by Crippen LogP contribution is 2.39. The molecule has 0 aliphatic carbocycles. The highest BCUT2D eigenvalue weighted by Gasteiger charge is 2.54. The number of likely N-dealkylation sites (tertiary alicyclic amines) is 1. The van der Waals surface area contributed by atoms with Gasteiger partial charge in [0.1, 0.15) is 17.9 Å². The molecule has 7 nitrogen and oxygen atoms in total. The smallest absolute Gasteiger partial charge is 0.250 e. The van der Waals surface area contributed by atoms with Crippen LogP contribution in [-0.4, -0.2) is 59.4 Å². The number of halogens is 1. The molecule has 0 unspecified atom stereocenters. The van der Waals surface area contributed by atoms with Crippen LogP contribution < -0.4 is 10.2 Å². The molecule has 2 saturated heterocycles. The van der Waals surface area contributed by atoms with Crippen molar-refractivity contribution in [2.45, 2.75) is 44.6 Å². The standard InChI is InChI=1S/C26H31FN4O3/c1-2-3-9-24(33)29-16-14-26(15-17-29)25(34)30(19-31(26)22-7-5-4-6-8-22)18-23(32)28-21-12-10-20(27)11-13-21/h4-8,10-13H,2-3,9,14-19H2,1H3,(H,28,32). The van der Waals surface area contributed by atoms with Crippen molar-refractivity contribution in [1.29, 1.82) is 0 Å². The number of nitrogens with one attached hydrogen (secondary N) is 1. The summed E-state index contributed by atoms with van der Waals surface area (Å²) in [6, 6.07) is 15.3. The molecule has 1 N–H and O–H groups in total. The van der Waals surface area contributed by atoms with Gasteiger partial charge in [-0.05, 0) is 55.7 Å². The minimum absolute atomic E-state index is 0.0914. The van der Waals surface area contributed by atoms with E-state index in [1.807, 2.05) is 35.2 Å². The quantitative estimate of drug-likeness (QED) is 0.677. The number of carbonyl (C=O) groups is 3. The van der Waals surface area contributed by atoms with Crippen molar-refractivity contribution in [2.75, 3.05) is 36.5 Å². The molecular weight excluding hydrogens is 435 g/mol. The molecule has 0 bridgehead atoms. The van der Waals surface area contributed by atoms with Crippen LogP contribution in [0.3, 0.4) is 0 Å². The molecular formula is C26H31FN4O3. The topological polar surface area (TPSA) is 73.0 Å². The summed E-state index contributed by atoms with van der Waals surface area (Å²) in [6.45, 7) is 3.30. The summed E-state index contributed by atoms with van der Waals surface area (Å²) in [7, 11) is 0. The second-order valence-corrected chi connectivity index (χ2v) is 8.98. The molecule has 0 aromatic heterocycles. The lowest BCUT2D eigenvalue weighted by Crippen LogP contribution is -2.57. The van der Waals surface area contributed by atoms with Gasteiger partial charge in [-0.25, -0.2) is 4.39 Å². The number of anilines is 2. The number of carbonyl (C=O) groups excluding carboxylic acids is 3. The van der Waals surface area contributed by atoms with Crippen molar-refractivity contribution in [1.82, 2.24) is 9.80 Å². The van der Waals surface area contributed by atoms with Crippen LogP contribution in [0.4, 0.5) is 15.8 Å².